The highest BCUT2D eigenvalue weighted by atomic mass is 16.4. The minimum Gasteiger partial charge on any atom is -0.480 e. The van der Waals surface area contributed by atoms with Crippen molar-refractivity contribution in [3.63, 3.8) is 0 Å². The van der Waals surface area contributed by atoms with Gasteiger partial charge in [-0.3, -0.25) is 9.59 Å². The van der Waals surface area contributed by atoms with Gasteiger partial charge in [0.2, 0.25) is 11.8 Å². The van der Waals surface area contributed by atoms with E-state index in [0.717, 1.165) is 4.90 Å². The Balaban J connectivity index is 2.07. The molecule has 7 nitrogen and oxygen atoms in total. The fourth-order valence-corrected chi connectivity index (χ4v) is 2.29. The van der Waals surface area contributed by atoms with Crippen LogP contribution in [0.5, 0.6) is 0 Å². The van der Waals surface area contributed by atoms with Crippen LogP contribution in [0, 0.1) is 0 Å². The van der Waals surface area contributed by atoms with Crippen molar-refractivity contribution < 1.29 is 24.6 Å². The summed E-state index contributed by atoms with van der Waals surface area (Å²) in [5.74, 6) is -1.74. The average molecular weight is 242 g/mol. The van der Waals surface area contributed by atoms with Crippen molar-refractivity contribution in [3.05, 3.63) is 0 Å². The Kier molecular flexibility index (Phi) is 3.01. The molecule has 2 aliphatic heterocycles. The number of aliphatic hydroxyl groups is 1. The molecule has 2 heterocycles. The lowest BCUT2D eigenvalue weighted by Crippen LogP contribution is -2.49. The number of hydrogen-bond donors (Lipinski definition) is 3. The van der Waals surface area contributed by atoms with E-state index >= 15 is 0 Å². The fraction of sp³-hybridized carbons (Fsp3) is 0.700. The topological polar surface area (TPSA) is 107 Å². The molecule has 2 unspecified atom stereocenters. The van der Waals surface area contributed by atoms with Crippen LogP contribution in [0.4, 0.5) is 0 Å². The zero-order valence-corrected chi connectivity index (χ0v) is 9.13. The maximum absolute atomic E-state index is 12.0. The van der Waals surface area contributed by atoms with Gasteiger partial charge in [0.05, 0.1) is 6.10 Å². The second kappa shape index (κ2) is 4.33. The molecule has 3 N–H and O–H groups in total. The van der Waals surface area contributed by atoms with Crippen molar-refractivity contribution in [3.8, 4) is 0 Å². The molecule has 0 spiro atoms. The molecule has 2 saturated heterocycles. The predicted molar refractivity (Wildman–Crippen MR) is 54.9 cm³/mol. The Morgan fingerprint density at radius 3 is 2.65 bits per heavy atom. The number of carbonyl (C=O) groups is 3. The molecule has 2 rings (SSSR count). The van der Waals surface area contributed by atoms with Crippen molar-refractivity contribution in [2.24, 2.45) is 0 Å². The number of aliphatic hydroxyl groups excluding tert-OH is 1. The highest BCUT2D eigenvalue weighted by molar-refractivity contribution is 5.93. The third-order valence-electron chi connectivity index (χ3n) is 3.14. The van der Waals surface area contributed by atoms with Gasteiger partial charge in [-0.25, -0.2) is 4.79 Å². The number of carbonyl (C=O) groups excluding carboxylic acids is 2. The van der Waals surface area contributed by atoms with Crippen LogP contribution in [0.3, 0.4) is 0 Å². The first kappa shape index (κ1) is 11.8. The molecule has 17 heavy (non-hydrogen) atoms. The molecule has 2 amide bonds. The number of nitrogens with one attached hydrogen (secondary N) is 1. The highest BCUT2D eigenvalue weighted by Gasteiger charge is 2.42. The molecule has 7 heteroatoms. The lowest BCUT2D eigenvalue weighted by Gasteiger charge is -2.24. The number of amides is 2. The minimum absolute atomic E-state index is 0.0160. The van der Waals surface area contributed by atoms with Crippen molar-refractivity contribution in [1.29, 1.82) is 0 Å². The molecule has 0 aromatic heterocycles. The maximum Gasteiger partial charge on any atom is 0.326 e. The molecule has 0 saturated carbocycles. The van der Waals surface area contributed by atoms with Crippen LogP contribution in [0.15, 0.2) is 0 Å². The number of carboxylic acids is 1. The highest BCUT2D eigenvalue weighted by Crippen LogP contribution is 2.21. The first-order valence-electron chi connectivity index (χ1n) is 5.49. The molecule has 0 radical (unpaired) electrons. The quantitative estimate of drug-likeness (QED) is 0.535. The summed E-state index contributed by atoms with van der Waals surface area (Å²) < 4.78 is 0. The molecule has 0 aromatic carbocycles. The smallest absolute Gasteiger partial charge is 0.326 e. The SMILES string of the molecule is O=C1CC[C@H](C(=O)N2CC(O)CC2C(=O)O)N1. The summed E-state index contributed by atoms with van der Waals surface area (Å²) in [6.45, 7) is 0.0160. The first-order chi connectivity index (χ1) is 7.99. The van der Waals surface area contributed by atoms with Crippen LogP contribution < -0.4 is 5.32 Å². The Morgan fingerprint density at radius 2 is 2.12 bits per heavy atom. The second-order valence-electron chi connectivity index (χ2n) is 4.39. The lowest BCUT2D eigenvalue weighted by atomic mass is 10.1. The normalized spacial score (nSPS) is 32.6. The van der Waals surface area contributed by atoms with Gasteiger partial charge in [-0.05, 0) is 6.42 Å². The largest absolute Gasteiger partial charge is 0.480 e. The standard InChI is InChI=1S/C10H14N2O5/c13-5-3-7(10(16)17)12(4-5)9(15)6-1-2-8(14)11-6/h5-7,13H,1-4H2,(H,11,14)(H,16,17)/t5?,6-,7?/m1/s1. The van der Waals surface area contributed by atoms with Crippen LogP contribution in [0.25, 0.3) is 0 Å². The number of rotatable bonds is 2. The van der Waals surface area contributed by atoms with Crippen LogP contribution in [0.2, 0.25) is 0 Å². The van der Waals surface area contributed by atoms with Gasteiger partial charge in [-0.1, -0.05) is 0 Å². The van der Waals surface area contributed by atoms with E-state index in [-0.39, 0.29) is 25.3 Å². The van der Waals surface area contributed by atoms with Crippen molar-refractivity contribution in [1.82, 2.24) is 10.2 Å². The van der Waals surface area contributed by atoms with E-state index in [2.05, 4.69) is 5.32 Å². The summed E-state index contributed by atoms with van der Waals surface area (Å²) in [6.07, 6.45) is -0.0970. The van der Waals surface area contributed by atoms with Crippen molar-refractivity contribution in [2.45, 2.75) is 37.5 Å². The molecule has 0 bridgehead atoms. The van der Waals surface area contributed by atoms with E-state index in [0.29, 0.717) is 6.42 Å². The summed E-state index contributed by atoms with van der Waals surface area (Å²) in [5, 5.41) is 20.9. The molecule has 2 fully saturated rings. The van der Waals surface area contributed by atoms with Crippen molar-refractivity contribution in [2.75, 3.05) is 6.54 Å². The van der Waals surface area contributed by atoms with Gasteiger partial charge in [0, 0.05) is 19.4 Å². The average Bonchev–Trinajstić information content (AvgIpc) is 2.83. The number of β-amino-alcohol motifs (C(OH)–C–C–N with tert-alkyl or cyclic N) is 1. The van der Waals surface area contributed by atoms with Crippen molar-refractivity contribution >= 4 is 17.8 Å². The number of carboxylic acid groups (broad SMARTS) is 1. The van der Waals surface area contributed by atoms with Gasteiger partial charge in [0.1, 0.15) is 12.1 Å². The van der Waals surface area contributed by atoms with Crippen LogP contribution >= 0.6 is 0 Å². The second-order valence-corrected chi connectivity index (χ2v) is 4.39. The number of hydrogen-bond acceptors (Lipinski definition) is 4. The minimum atomic E-state index is -1.13. The summed E-state index contributed by atoms with van der Waals surface area (Å²) in [7, 11) is 0. The summed E-state index contributed by atoms with van der Waals surface area (Å²) in [6, 6.07) is -1.63. The maximum atomic E-state index is 12.0. The molecule has 3 atom stereocenters. The van der Waals surface area contributed by atoms with Gasteiger partial charge in [-0.2, -0.15) is 0 Å². The predicted octanol–water partition coefficient (Wildman–Crippen LogP) is -1.69. The van der Waals surface area contributed by atoms with E-state index in [4.69, 9.17) is 5.11 Å². The Morgan fingerprint density at radius 1 is 1.41 bits per heavy atom. The fourth-order valence-electron chi connectivity index (χ4n) is 2.29. The molecule has 94 valence electrons. The molecule has 0 aromatic rings. The van der Waals surface area contributed by atoms with E-state index in [9.17, 15) is 19.5 Å². The summed E-state index contributed by atoms with van der Waals surface area (Å²) in [5.41, 5.74) is 0. The van der Waals surface area contributed by atoms with E-state index in [1.807, 2.05) is 0 Å². The Labute approximate surface area is 97.4 Å². The van der Waals surface area contributed by atoms with E-state index in [1.165, 1.54) is 0 Å². The van der Waals surface area contributed by atoms with Gasteiger partial charge >= 0.3 is 5.97 Å². The Bertz CT molecular complexity index is 370. The molecular formula is C10H14N2O5. The van der Waals surface area contributed by atoms with Gasteiger partial charge in [0.15, 0.2) is 0 Å². The van der Waals surface area contributed by atoms with Gasteiger partial charge in [0.25, 0.3) is 0 Å². The van der Waals surface area contributed by atoms with E-state index < -0.39 is 30.1 Å². The summed E-state index contributed by atoms with van der Waals surface area (Å²) in [4.78, 5) is 35.1. The molecule has 0 aliphatic carbocycles. The lowest BCUT2D eigenvalue weighted by molar-refractivity contribution is -0.149. The zero-order valence-electron chi connectivity index (χ0n) is 9.13. The first-order valence-corrected chi connectivity index (χ1v) is 5.49. The molecular weight excluding hydrogens is 228 g/mol. The van der Waals surface area contributed by atoms with Gasteiger partial charge in [-0.15, -0.1) is 0 Å². The number of aliphatic carboxylic acids is 1. The zero-order chi connectivity index (χ0) is 12.6. The monoisotopic (exact) mass is 242 g/mol. The van der Waals surface area contributed by atoms with E-state index in [1.54, 1.807) is 0 Å². The number of nitrogens with zero attached hydrogens (tertiary/aromatic N) is 1. The third-order valence-corrected chi connectivity index (χ3v) is 3.14. The molecule has 2 aliphatic rings. The third kappa shape index (κ3) is 2.23. The van der Waals surface area contributed by atoms with Crippen LogP contribution in [0.1, 0.15) is 19.3 Å². The van der Waals surface area contributed by atoms with Crippen LogP contribution in [-0.2, 0) is 14.4 Å². The number of likely N-dealkylation sites (tertiary alicyclic amines) is 1. The summed E-state index contributed by atoms with van der Waals surface area (Å²) >= 11 is 0. The Hall–Kier alpha value is -1.63. The van der Waals surface area contributed by atoms with Gasteiger partial charge < -0.3 is 20.4 Å². The van der Waals surface area contributed by atoms with Crippen LogP contribution in [-0.4, -0.2) is 57.6 Å².